The molecule has 118 valence electrons. The van der Waals surface area contributed by atoms with E-state index in [1.807, 2.05) is 51.3 Å². The van der Waals surface area contributed by atoms with Crippen molar-refractivity contribution in [2.75, 3.05) is 12.9 Å². The monoisotopic (exact) mass is 318 g/mol. The van der Waals surface area contributed by atoms with E-state index in [-0.39, 0.29) is 23.8 Å². The number of aliphatic hydroxyl groups excluding tert-OH is 1. The minimum absolute atomic E-state index is 0.0158. The lowest BCUT2D eigenvalue weighted by molar-refractivity contribution is 0.0934. The summed E-state index contributed by atoms with van der Waals surface area (Å²) in [4.78, 5) is 17.2. The highest BCUT2D eigenvalue weighted by molar-refractivity contribution is 7.99. The van der Waals surface area contributed by atoms with E-state index in [0.29, 0.717) is 5.56 Å². The van der Waals surface area contributed by atoms with Gasteiger partial charge in [-0.05, 0) is 38.7 Å². The Balaban J connectivity index is 2.36. The smallest absolute Gasteiger partial charge is 0.253 e. The lowest BCUT2D eigenvalue weighted by Gasteiger charge is -2.22. The first-order valence-corrected chi connectivity index (χ1v) is 8.58. The van der Waals surface area contributed by atoms with Crippen molar-refractivity contribution in [2.45, 2.75) is 32.1 Å². The molecule has 2 N–H and O–H groups in total. The third-order valence-corrected chi connectivity index (χ3v) is 5.12. The largest absolute Gasteiger partial charge is 0.395 e. The number of carbonyl (C=O) groups excluding carboxylic acids is 1. The first kappa shape index (κ1) is 16.8. The Morgan fingerprint density at radius 1 is 1.36 bits per heavy atom. The van der Waals surface area contributed by atoms with E-state index in [0.717, 1.165) is 22.2 Å². The number of hydrogen-bond acceptors (Lipinski definition) is 4. The van der Waals surface area contributed by atoms with Crippen LogP contribution in [0.5, 0.6) is 0 Å². The van der Waals surface area contributed by atoms with Gasteiger partial charge in [0.25, 0.3) is 5.91 Å². The van der Waals surface area contributed by atoms with Crippen molar-refractivity contribution < 1.29 is 9.90 Å². The molecular formula is C17H22N2O2S. The van der Waals surface area contributed by atoms with Gasteiger partial charge >= 0.3 is 0 Å². The highest BCUT2D eigenvalue weighted by Crippen LogP contribution is 2.23. The van der Waals surface area contributed by atoms with Crippen LogP contribution in [-0.2, 0) is 0 Å². The van der Waals surface area contributed by atoms with E-state index < -0.39 is 0 Å². The number of thioether (sulfide) groups is 1. The molecule has 0 aliphatic rings. The number of carbonyl (C=O) groups is 1. The molecule has 0 saturated carbocycles. The van der Waals surface area contributed by atoms with Crippen molar-refractivity contribution in [2.24, 2.45) is 0 Å². The molecule has 0 aliphatic heterocycles. The number of fused-ring (bicyclic) bond motifs is 1. The van der Waals surface area contributed by atoms with Crippen molar-refractivity contribution in [3.63, 3.8) is 0 Å². The van der Waals surface area contributed by atoms with Crippen molar-refractivity contribution in [1.29, 1.82) is 0 Å². The van der Waals surface area contributed by atoms with Gasteiger partial charge < -0.3 is 10.4 Å². The van der Waals surface area contributed by atoms with Crippen LogP contribution in [0.1, 0.15) is 28.5 Å². The van der Waals surface area contributed by atoms with Crippen LogP contribution >= 0.6 is 11.8 Å². The second kappa shape index (κ2) is 7.11. The molecule has 0 saturated heterocycles. The van der Waals surface area contributed by atoms with Crippen molar-refractivity contribution in [3.05, 3.63) is 41.1 Å². The number of nitrogens with zero attached hydrogens (tertiary/aromatic N) is 1. The quantitative estimate of drug-likeness (QED) is 0.890. The van der Waals surface area contributed by atoms with Crippen LogP contribution in [0.4, 0.5) is 0 Å². The summed E-state index contributed by atoms with van der Waals surface area (Å²) >= 11 is 1.55. The maximum Gasteiger partial charge on any atom is 0.253 e. The molecule has 2 atom stereocenters. The van der Waals surface area contributed by atoms with Gasteiger partial charge in [-0.3, -0.25) is 9.78 Å². The fraction of sp³-hybridized carbons (Fsp3) is 0.412. The van der Waals surface area contributed by atoms with E-state index in [9.17, 15) is 9.90 Å². The van der Waals surface area contributed by atoms with Crippen LogP contribution in [0.25, 0.3) is 10.9 Å². The maximum atomic E-state index is 12.6. The molecule has 1 amide bonds. The number of aromatic nitrogens is 1. The number of aliphatic hydroxyl groups is 1. The van der Waals surface area contributed by atoms with Crippen LogP contribution in [0, 0.1) is 13.8 Å². The summed E-state index contributed by atoms with van der Waals surface area (Å²) < 4.78 is 0. The molecule has 1 aromatic heterocycles. The summed E-state index contributed by atoms with van der Waals surface area (Å²) in [6, 6.07) is 7.72. The summed E-state index contributed by atoms with van der Waals surface area (Å²) in [7, 11) is 0. The fourth-order valence-electron chi connectivity index (χ4n) is 2.67. The summed E-state index contributed by atoms with van der Waals surface area (Å²) in [6.45, 7) is 5.76. The lowest BCUT2D eigenvalue weighted by Crippen LogP contribution is -2.41. The molecule has 4 nitrogen and oxygen atoms in total. The van der Waals surface area contributed by atoms with Crippen LogP contribution in [-0.4, -0.2) is 40.2 Å². The summed E-state index contributed by atoms with van der Waals surface area (Å²) in [5.74, 6) is -0.131. The van der Waals surface area contributed by atoms with Gasteiger partial charge in [0.1, 0.15) is 0 Å². The van der Waals surface area contributed by atoms with Gasteiger partial charge in [0, 0.05) is 16.7 Å². The molecule has 0 fully saturated rings. The molecule has 0 unspecified atom stereocenters. The fourth-order valence-corrected chi connectivity index (χ4v) is 3.30. The predicted molar refractivity (Wildman–Crippen MR) is 92.5 cm³/mol. The molecule has 0 radical (unpaired) electrons. The minimum atomic E-state index is -0.131. The van der Waals surface area contributed by atoms with Crippen molar-refractivity contribution in [3.8, 4) is 0 Å². The molecule has 0 spiro atoms. The zero-order chi connectivity index (χ0) is 16.3. The van der Waals surface area contributed by atoms with Crippen LogP contribution in [0.15, 0.2) is 24.3 Å². The molecule has 2 aromatic rings. The SMILES string of the molecule is CS[C@@H](CO)[C@H](C)NC(=O)c1c(C)nc2ccccc2c1C. The first-order chi connectivity index (χ1) is 10.5. The van der Waals surface area contributed by atoms with Gasteiger partial charge in [-0.2, -0.15) is 11.8 Å². The number of nitrogens with one attached hydrogen (secondary N) is 1. The molecule has 22 heavy (non-hydrogen) atoms. The van der Waals surface area contributed by atoms with Crippen LogP contribution in [0.3, 0.4) is 0 Å². The van der Waals surface area contributed by atoms with E-state index in [1.165, 1.54) is 0 Å². The number of rotatable bonds is 5. The molecule has 1 heterocycles. The number of amides is 1. The number of para-hydroxylation sites is 1. The standard InChI is InChI=1S/C17H22N2O2S/c1-10-13-7-5-6-8-14(13)18-12(3)16(10)17(21)19-11(2)15(9-20)22-4/h5-8,11,15,20H,9H2,1-4H3,(H,19,21)/t11-,15-/m0/s1. The first-order valence-electron chi connectivity index (χ1n) is 7.30. The Labute approximate surface area is 135 Å². The molecular weight excluding hydrogens is 296 g/mol. The number of benzene rings is 1. The summed E-state index contributed by atoms with van der Waals surface area (Å²) in [5.41, 5.74) is 3.20. The third-order valence-electron chi connectivity index (χ3n) is 3.96. The summed E-state index contributed by atoms with van der Waals surface area (Å²) in [6.07, 6.45) is 1.93. The van der Waals surface area contributed by atoms with Gasteiger partial charge in [0.2, 0.25) is 0 Å². The molecule has 0 bridgehead atoms. The number of pyridine rings is 1. The second-order valence-electron chi connectivity index (χ2n) is 5.43. The van der Waals surface area contributed by atoms with Gasteiger partial charge in [0.15, 0.2) is 0 Å². The predicted octanol–water partition coefficient (Wildman–Crippen LogP) is 2.69. The zero-order valence-corrected chi connectivity index (χ0v) is 14.2. The molecule has 2 rings (SSSR count). The highest BCUT2D eigenvalue weighted by Gasteiger charge is 2.21. The van der Waals surface area contributed by atoms with Crippen molar-refractivity contribution in [1.82, 2.24) is 10.3 Å². The maximum absolute atomic E-state index is 12.6. The Morgan fingerprint density at radius 3 is 2.68 bits per heavy atom. The normalized spacial score (nSPS) is 13.9. The Bertz CT molecular complexity index is 684. The molecule has 0 aliphatic carbocycles. The third kappa shape index (κ3) is 3.25. The average molecular weight is 318 g/mol. The van der Waals surface area contributed by atoms with E-state index in [4.69, 9.17) is 0 Å². The van der Waals surface area contributed by atoms with Gasteiger partial charge in [-0.15, -0.1) is 0 Å². The van der Waals surface area contributed by atoms with Gasteiger partial charge in [-0.1, -0.05) is 18.2 Å². The topological polar surface area (TPSA) is 62.2 Å². The van der Waals surface area contributed by atoms with Gasteiger partial charge in [-0.25, -0.2) is 0 Å². The van der Waals surface area contributed by atoms with Gasteiger partial charge in [0.05, 0.1) is 23.4 Å². The van der Waals surface area contributed by atoms with Crippen LogP contribution < -0.4 is 5.32 Å². The highest BCUT2D eigenvalue weighted by atomic mass is 32.2. The Hall–Kier alpha value is -1.59. The zero-order valence-electron chi connectivity index (χ0n) is 13.4. The number of aryl methyl sites for hydroxylation is 2. The Kier molecular flexibility index (Phi) is 5.42. The second-order valence-corrected chi connectivity index (χ2v) is 6.51. The van der Waals surface area contributed by atoms with Crippen LogP contribution in [0.2, 0.25) is 0 Å². The van der Waals surface area contributed by atoms with E-state index >= 15 is 0 Å². The Morgan fingerprint density at radius 2 is 2.05 bits per heavy atom. The molecule has 1 aromatic carbocycles. The summed E-state index contributed by atoms with van der Waals surface area (Å²) in [5, 5.41) is 13.3. The van der Waals surface area contributed by atoms with E-state index in [1.54, 1.807) is 11.8 Å². The average Bonchev–Trinajstić information content (AvgIpc) is 2.48. The minimum Gasteiger partial charge on any atom is -0.395 e. The molecule has 5 heteroatoms. The lowest BCUT2D eigenvalue weighted by atomic mass is 10.0. The van der Waals surface area contributed by atoms with Crippen molar-refractivity contribution >= 4 is 28.6 Å². The number of hydrogen-bond donors (Lipinski definition) is 2. The van der Waals surface area contributed by atoms with E-state index in [2.05, 4.69) is 10.3 Å².